The fourth-order valence-corrected chi connectivity index (χ4v) is 17.3. The largest absolute Gasteiger partial charge is 0.414 e. The summed E-state index contributed by atoms with van der Waals surface area (Å²) in [6, 6.07) is 0. The molecule has 1 N–H and O–H groups in total. The fourth-order valence-electron chi connectivity index (χ4n) is 6.10. The van der Waals surface area contributed by atoms with Crippen molar-refractivity contribution in [2.75, 3.05) is 13.7 Å². The molecular weight excluding hydrogens is 548 g/mol. The molecular formula is C27H46N4O7Si2. The number of carbonyl (C=O) groups excluding carboxylic acids is 1. The van der Waals surface area contributed by atoms with Gasteiger partial charge in [0.25, 0.3) is 5.56 Å². The van der Waals surface area contributed by atoms with Crippen molar-refractivity contribution in [2.45, 2.75) is 116 Å². The Morgan fingerprint density at radius 2 is 1.62 bits per heavy atom. The van der Waals surface area contributed by atoms with Crippen molar-refractivity contribution in [1.29, 1.82) is 0 Å². The number of nitrogens with zero attached hydrogens (tertiary/aromatic N) is 3. The first-order chi connectivity index (χ1) is 18.7. The van der Waals surface area contributed by atoms with Gasteiger partial charge in [0.15, 0.2) is 23.2 Å². The molecule has 2 fully saturated rings. The highest BCUT2D eigenvalue weighted by Gasteiger charge is 2.62. The van der Waals surface area contributed by atoms with Crippen molar-refractivity contribution in [3.8, 4) is 0 Å². The standard InChI is InChI=1S/C27H46N4O7Si2/c1-14(2)21(32)24-29-25-20(26(33)30-24)28-13-31(25)27-23(34-11)22-19(36-27)12-35-39(15(3)4,16(5)6)38-40(37-22,17(7)8)18(9)10/h13-19,22-23,27H,12H2,1-11H3,(H,29,30,33)/t19-,22-,23-,27-/m1/s1. The van der Waals surface area contributed by atoms with Crippen LogP contribution in [0.3, 0.4) is 0 Å². The maximum Gasteiger partial charge on any atom is 0.335 e. The van der Waals surface area contributed by atoms with Crippen molar-refractivity contribution in [2.24, 2.45) is 5.92 Å². The molecule has 0 unspecified atom stereocenters. The number of nitrogens with one attached hydrogen (secondary N) is 1. The van der Waals surface area contributed by atoms with Crippen LogP contribution in [-0.4, -0.2) is 74.5 Å². The van der Waals surface area contributed by atoms with E-state index >= 15 is 0 Å². The van der Waals surface area contributed by atoms with Crippen LogP contribution >= 0.6 is 0 Å². The number of Topliss-reactive ketones (excluding diaryl/α,β-unsaturated/α-hetero) is 1. The predicted molar refractivity (Wildman–Crippen MR) is 156 cm³/mol. The minimum Gasteiger partial charge on any atom is -0.414 e. The van der Waals surface area contributed by atoms with E-state index in [1.807, 2.05) is 0 Å². The van der Waals surface area contributed by atoms with Gasteiger partial charge in [-0.2, -0.15) is 0 Å². The van der Waals surface area contributed by atoms with E-state index in [0.717, 1.165) is 0 Å². The Kier molecular flexibility index (Phi) is 8.97. The van der Waals surface area contributed by atoms with Crippen molar-refractivity contribution in [3.05, 3.63) is 22.5 Å². The first-order valence-corrected chi connectivity index (χ1v) is 18.4. The molecule has 0 aromatic carbocycles. The number of ketones is 1. The molecule has 2 saturated heterocycles. The first-order valence-electron chi connectivity index (χ1n) is 14.4. The number of hydrogen-bond acceptors (Lipinski definition) is 9. The number of fused-ring (bicyclic) bond motifs is 2. The quantitative estimate of drug-likeness (QED) is 0.338. The summed E-state index contributed by atoms with van der Waals surface area (Å²) in [5.74, 6) is -0.592. The van der Waals surface area contributed by atoms with Gasteiger partial charge in [0.2, 0.25) is 5.78 Å². The third-order valence-electron chi connectivity index (χ3n) is 8.35. The van der Waals surface area contributed by atoms with Gasteiger partial charge in [-0.3, -0.25) is 14.2 Å². The highest BCUT2D eigenvalue weighted by Crippen LogP contribution is 2.48. The van der Waals surface area contributed by atoms with Crippen LogP contribution in [0.2, 0.25) is 22.2 Å². The topological polar surface area (TPSA) is 127 Å². The summed E-state index contributed by atoms with van der Waals surface area (Å²) < 4.78 is 35.7. The molecule has 2 aliphatic rings. The molecule has 4 atom stereocenters. The molecule has 0 bridgehead atoms. The van der Waals surface area contributed by atoms with E-state index in [-0.39, 0.29) is 50.9 Å². The number of rotatable bonds is 8. The fraction of sp³-hybridized carbons (Fsp3) is 0.778. The lowest BCUT2D eigenvalue weighted by Gasteiger charge is -2.51. The van der Waals surface area contributed by atoms with Crippen molar-refractivity contribution in [3.63, 3.8) is 0 Å². The van der Waals surface area contributed by atoms with Gasteiger partial charge in [-0.05, 0) is 22.2 Å². The highest BCUT2D eigenvalue weighted by molar-refractivity contribution is 6.84. The number of carbonyl (C=O) groups is 1. The number of methoxy groups -OCH3 is 1. The Balaban J connectivity index is 1.83. The summed E-state index contributed by atoms with van der Waals surface area (Å²) in [6.07, 6.45) is -0.668. The molecule has 40 heavy (non-hydrogen) atoms. The lowest BCUT2D eigenvalue weighted by atomic mass is 10.1. The molecule has 0 radical (unpaired) electrons. The van der Waals surface area contributed by atoms with Gasteiger partial charge >= 0.3 is 17.1 Å². The van der Waals surface area contributed by atoms with E-state index in [0.29, 0.717) is 6.61 Å². The molecule has 0 spiro atoms. The van der Waals surface area contributed by atoms with Gasteiger partial charge in [0, 0.05) is 13.0 Å². The van der Waals surface area contributed by atoms with Crippen LogP contribution in [-0.2, 0) is 22.4 Å². The Morgan fingerprint density at radius 1 is 1.02 bits per heavy atom. The van der Waals surface area contributed by atoms with Crippen LogP contribution in [0.15, 0.2) is 11.1 Å². The molecule has 13 heteroatoms. The number of aromatic amines is 1. The normalized spacial score (nSPS) is 26.7. The van der Waals surface area contributed by atoms with Crippen molar-refractivity contribution >= 4 is 34.1 Å². The predicted octanol–water partition coefficient (Wildman–Crippen LogP) is 4.83. The average molecular weight is 595 g/mol. The minimum absolute atomic E-state index is 0.00379. The molecule has 0 aliphatic carbocycles. The third kappa shape index (κ3) is 5.07. The second-order valence-electron chi connectivity index (χ2n) is 12.6. The van der Waals surface area contributed by atoms with E-state index in [9.17, 15) is 9.59 Å². The Labute approximate surface area is 238 Å². The molecule has 11 nitrogen and oxygen atoms in total. The zero-order chi connectivity index (χ0) is 29.7. The smallest absolute Gasteiger partial charge is 0.335 e. The summed E-state index contributed by atoms with van der Waals surface area (Å²) >= 11 is 0. The summed E-state index contributed by atoms with van der Waals surface area (Å²) in [5.41, 5.74) is 0.618. The SMILES string of the molecule is CO[C@@H]1[C@@H]2O[Si](C(C)C)(C(C)C)O[Si](C(C)C)(C(C)C)OC[C@H]2O[C@H]1n1cnc2c(=O)[nH]c(C(=O)C(C)C)nc21. The van der Waals surface area contributed by atoms with E-state index in [1.54, 1.807) is 25.5 Å². The van der Waals surface area contributed by atoms with Crippen LogP contribution < -0.4 is 5.56 Å². The lowest BCUT2D eigenvalue weighted by molar-refractivity contribution is -0.0602. The third-order valence-corrected chi connectivity index (χ3v) is 18.6. The zero-order valence-electron chi connectivity index (χ0n) is 25.7. The van der Waals surface area contributed by atoms with Crippen LogP contribution in [0.4, 0.5) is 0 Å². The van der Waals surface area contributed by atoms with Gasteiger partial charge in [0.1, 0.15) is 18.3 Å². The molecule has 2 aliphatic heterocycles. The van der Waals surface area contributed by atoms with Crippen LogP contribution in [0.5, 0.6) is 0 Å². The Morgan fingerprint density at radius 3 is 2.15 bits per heavy atom. The number of aromatic nitrogens is 4. The van der Waals surface area contributed by atoms with Crippen LogP contribution in [0.1, 0.15) is 86.1 Å². The molecule has 224 valence electrons. The minimum atomic E-state index is -2.90. The lowest BCUT2D eigenvalue weighted by Crippen LogP contribution is -2.65. The summed E-state index contributed by atoms with van der Waals surface area (Å²) in [6.45, 7) is 21.2. The molecule has 4 rings (SSSR count). The monoisotopic (exact) mass is 594 g/mol. The molecule has 2 aromatic rings. The molecule has 0 amide bonds. The van der Waals surface area contributed by atoms with E-state index < -0.39 is 47.2 Å². The van der Waals surface area contributed by atoms with Gasteiger partial charge in [0.05, 0.1) is 12.9 Å². The molecule has 4 heterocycles. The van der Waals surface area contributed by atoms with Gasteiger partial charge in [-0.1, -0.05) is 69.2 Å². The Bertz CT molecular complexity index is 1260. The molecule has 0 saturated carbocycles. The zero-order valence-corrected chi connectivity index (χ0v) is 27.7. The highest BCUT2D eigenvalue weighted by atomic mass is 28.5. The Hall–Kier alpha value is -1.75. The second-order valence-corrected chi connectivity index (χ2v) is 21.4. The summed E-state index contributed by atoms with van der Waals surface area (Å²) in [5, 5.41) is 0. The number of hydrogen-bond donors (Lipinski definition) is 1. The first kappa shape index (κ1) is 31.2. The number of H-pyrrole nitrogens is 1. The van der Waals surface area contributed by atoms with Crippen molar-refractivity contribution in [1.82, 2.24) is 19.5 Å². The van der Waals surface area contributed by atoms with Gasteiger partial charge in [-0.15, -0.1) is 0 Å². The summed E-state index contributed by atoms with van der Waals surface area (Å²) in [7, 11) is -4.02. The summed E-state index contributed by atoms with van der Waals surface area (Å²) in [4.78, 5) is 37.0. The van der Waals surface area contributed by atoms with E-state index in [4.69, 9.17) is 22.4 Å². The second kappa shape index (κ2) is 11.5. The van der Waals surface area contributed by atoms with Crippen molar-refractivity contribution < 1.29 is 27.2 Å². The van der Waals surface area contributed by atoms with Crippen LogP contribution in [0, 0.1) is 5.92 Å². The van der Waals surface area contributed by atoms with Gasteiger partial charge in [-0.25, -0.2) is 9.97 Å². The van der Waals surface area contributed by atoms with Gasteiger partial charge < -0.3 is 27.4 Å². The number of ether oxygens (including phenoxy) is 2. The number of imidazole rings is 1. The van der Waals surface area contributed by atoms with Crippen LogP contribution in [0.25, 0.3) is 11.2 Å². The maximum atomic E-state index is 12.8. The average Bonchev–Trinajstić information content (AvgIpc) is 3.43. The van der Waals surface area contributed by atoms with E-state index in [2.05, 4.69) is 70.3 Å². The van der Waals surface area contributed by atoms with E-state index in [1.165, 1.54) is 6.33 Å². The molecule has 2 aromatic heterocycles. The maximum absolute atomic E-state index is 12.8.